The maximum atomic E-state index is 14.4. The lowest BCUT2D eigenvalue weighted by molar-refractivity contribution is -0.155. The van der Waals surface area contributed by atoms with Crippen LogP contribution < -0.4 is 15.6 Å². The molecular weight excluding hydrogens is 835 g/mol. The van der Waals surface area contributed by atoms with Crippen LogP contribution in [0.1, 0.15) is 86.0 Å². The van der Waals surface area contributed by atoms with Crippen molar-refractivity contribution in [2.75, 3.05) is 58.4 Å². The molecular formula is C47H57N9O5S2. The van der Waals surface area contributed by atoms with Gasteiger partial charge in [0.25, 0.3) is 5.91 Å². The fourth-order valence-corrected chi connectivity index (χ4v) is 11.5. The third kappa shape index (κ3) is 8.29. The summed E-state index contributed by atoms with van der Waals surface area (Å²) in [7, 11) is 3.92. The highest BCUT2D eigenvalue weighted by molar-refractivity contribution is 7.10. The van der Waals surface area contributed by atoms with Crippen LogP contribution in [0.15, 0.2) is 40.7 Å². The Morgan fingerprint density at radius 3 is 2.70 bits per heavy atom. The number of nitrogens with one attached hydrogen (secondary N) is 2. The van der Waals surface area contributed by atoms with E-state index in [-0.39, 0.29) is 48.8 Å². The SMILES string of the molecule is CO[C@@H](C)c1ncc(N2CCN(C)CC2)cc1-c1c2c3cc(cc4c3n1CCC4)-c1csc(n1)C[C@H](NC(=O)[C@@H]1C[C@H]1c1cscn1)C(=O)N1CCC[C@H](N1)C(=O)OCC(C)(C)C2. The molecule has 6 bridgehead atoms. The fraction of sp³-hybridized carbons (Fsp3) is 0.532. The first-order valence-electron chi connectivity index (χ1n) is 22.5. The van der Waals surface area contributed by atoms with E-state index in [0.29, 0.717) is 32.2 Å². The number of piperazine rings is 1. The van der Waals surface area contributed by atoms with E-state index in [9.17, 15) is 14.4 Å². The van der Waals surface area contributed by atoms with Crippen LogP contribution in [0.3, 0.4) is 0 Å². The summed E-state index contributed by atoms with van der Waals surface area (Å²) in [5.74, 6) is -1.03. The van der Waals surface area contributed by atoms with Gasteiger partial charge in [0.05, 0.1) is 63.4 Å². The maximum Gasteiger partial charge on any atom is 0.324 e. The first-order valence-corrected chi connectivity index (χ1v) is 24.3. The Morgan fingerprint density at radius 1 is 1.06 bits per heavy atom. The summed E-state index contributed by atoms with van der Waals surface area (Å²) in [6.07, 6.45) is 6.40. The molecule has 4 aliphatic heterocycles. The van der Waals surface area contributed by atoms with Gasteiger partial charge in [-0.1, -0.05) is 13.8 Å². The van der Waals surface area contributed by atoms with E-state index in [0.717, 1.165) is 95.5 Å². The monoisotopic (exact) mass is 891 g/mol. The molecule has 0 unspecified atom stereocenters. The molecule has 14 nitrogen and oxygen atoms in total. The minimum absolute atomic E-state index is 0.0527. The van der Waals surface area contributed by atoms with E-state index >= 15 is 0 Å². The average molecular weight is 892 g/mol. The predicted octanol–water partition coefficient (Wildman–Crippen LogP) is 6.14. The van der Waals surface area contributed by atoms with Crippen LogP contribution in [0, 0.1) is 11.3 Å². The summed E-state index contributed by atoms with van der Waals surface area (Å²) >= 11 is 3.02. The molecule has 10 rings (SSSR count). The molecule has 5 aliphatic rings. The van der Waals surface area contributed by atoms with Crippen molar-refractivity contribution >= 4 is 57.0 Å². The number of carbonyl (C=O) groups excluding carboxylic acids is 3. The first-order chi connectivity index (χ1) is 30.4. The average Bonchev–Trinajstić information content (AvgIpc) is 3.55. The zero-order valence-corrected chi connectivity index (χ0v) is 38.4. The van der Waals surface area contributed by atoms with Crippen LogP contribution in [0.5, 0.6) is 0 Å². The Bertz CT molecular complexity index is 2540. The summed E-state index contributed by atoms with van der Waals surface area (Å²) in [5.41, 5.74) is 15.2. The summed E-state index contributed by atoms with van der Waals surface area (Å²) in [4.78, 5) is 61.7. The van der Waals surface area contributed by atoms with Gasteiger partial charge in [0.1, 0.15) is 12.1 Å². The van der Waals surface area contributed by atoms with Crippen molar-refractivity contribution in [3.05, 3.63) is 68.2 Å². The van der Waals surface area contributed by atoms with Gasteiger partial charge in [-0.25, -0.2) is 15.4 Å². The number of amides is 2. The number of pyridine rings is 1. The van der Waals surface area contributed by atoms with Gasteiger partial charge in [0.2, 0.25) is 5.91 Å². The lowest BCUT2D eigenvalue weighted by Gasteiger charge is -2.35. The molecule has 3 fully saturated rings. The van der Waals surface area contributed by atoms with Crippen LogP contribution in [-0.4, -0.2) is 113 Å². The normalized spacial score (nSPS) is 24.5. The minimum atomic E-state index is -0.876. The smallest absolute Gasteiger partial charge is 0.324 e. The van der Waals surface area contributed by atoms with Gasteiger partial charge < -0.3 is 29.2 Å². The van der Waals surface area contributed by atoms with Crippen LogP contribution in [0.2, 0.25) is 0 Å². The van der Waals surface area contributed by atoms with Crippen LogP contribution >= 0.6 is 22.7 Å². The third-order valence-corrected chi connectivity index (χ3v) is 15.2. The van der Waals surface area contributed by atoms with Crippen LogP contribution in [-0.2, 0) is 49.7 Å². The molecule has 1 aliphatic carbocycles. The van der Waals surface area contributed by atoms with E-state index in [1.165, 1.54) is 44.3 Å². The van der Waals surface area contributed by atoms with Crippen molar-refractivity contribution in [1.82, 2.24) is 40.2 Å². The number of carbonyl (C=O) groups is 3. The van der Waals surface area contributed by atoms with Gasteiger partial charge in [-0.15, -0.1) is 22.7 Å². The summed E-state index contributed by atoms with van der Waals surface area (Å²) in [6.45, 7) is 11.7. The molecule has 4 aromatic heterocycles. The minimum Gasteiger partial charge on any atom is -0.464 e. The van der Waals surface area contributed by atoms with Gasteiger partial charge in [-0.05, 0) is 81.8 Å². The Balaban J connectivity index is 1.08. The highest BCUT2D eigenvalue weighted by atomic mass is 32.1. The van der Waals surface area contributed by atoms with Crippen molar-refractivity contribution in [1.29, 1.82) is 0 Å². The number of cyclic esters (lactones) is 1. The van der Waals surface area contributed by atoms with Crippen molar-refractivity contribution in [3.8, 4) is 22.5 Å². The summed E-state index contributed by atoms with van der Waals surface area (Å²) < 4.78 is 14.7. The molecule has 332 valence electrons. The lowest BCUT2D eigenvalue weighted by atomic mass is 9.84. The Kier molecular flexibility index (Phi) is 11.4. The molecule has 0 spiro atoms. The number of aryl methyl sites for hydroxylation is 2. The second kappa shape index (κ2) is 17.0. The third-order valence-electron chi connectivity index (χ3n) is 13.7. The number of aromatic nitrogens is 4. The topological polar surface area (TPSA) is 147 Å². The number of thiazole rings is 2. The van der Waals surface area contributed by atoms with E-state index < -0.39 is 17.5 Å². The fourth-order valence-electron chi connectivity index (χ4n) is 10.1. The molecule has 5 atom stereocenters. The lowest BCUT2D eigenvalue weighted by Crippen LogP contribution is -2.60. The number of anilines is 1. The van der Waals surface area contributed by atoms with Gasteiger partial charge in [-0.2, -0.15) is 0 Å². The summed E-state index contributed by atoms with van der Waals surface area (Å²) in [6, 6.07) is 5.34. The Hall–Kier alpha value is -4.74. The zero-order chi connectivity index (χ0) is 43.6. The molecule has 2 amide bonds. The molecule has 0 radical (unpaired) electrons. The number of esters is 1. The molecule has 2 N–H and O–H groups in total. The number of nitrogens with zero attached hydrogens (tertiary/aromatic N) is 7. The van der Waals surface area contributed by atoms with Crippen molar-refractivity contribution < 1.29 is 23.9 Å². The highest BCUT2D eigenvalue weighted by Gasteiger charge is 2.46. The van der Waals surface area contributed by atoms with E-state index in [2.05, 4.69) is 81.5 Å². The Morgan fingerprint density at radius 2 is 1.90 bits per heavy atom. The first kappa shape index (κ1) is 42.2. The molecule has 63 heavy (non-hydrogen) atoms. The number of hydrazine groups is 1. The quantitative estimate of drug-likeness (QED) is 0.182. The van der Waals surface area contributed by atoms with E-state index in [1.54, 1.807) is 12.6 Å². The number of hydrogen-bond acceptors (Lipinski definition) is 13. The number of methoxy groups -OCH3 is 1. The van der Waals surface area contributed by atoms with E-state index in [1.807, 2.05) is 11.6 Å². The van der Waals surface area contributed by atoms with Gasteiger partial charge in [0.15, 0.2) is 0 Å². The molecule has 16 heteroatoms. The number of rotatable bonds is 7. The maximum absolute atomic E-state index is 14.4. The molecule has 8 heterocycles. The molecule has 1 aromatic carbocycles. The standard InChI is InChI=1S/C47H57N9O5S2/c1-27(60-5)41-34(18-30(22-48-41)54-14-12-53(4)13-15-54)43-35-21-47(2,3)25-61-46(59)36-9-7-11-56(52-36)45(58)37(51-44(57)33-19-31(33)39-23-62-26-49-39)20-40-50-38(24-63-40)29-16-28-8-6-10-55(43)42(28)32(35)17-29/h16-18,22-24,26-27,31,33,36-37,52H,6-15,19-21,25H2,1-5H3,(H,51,57)/t27-,31+,33+,36-,37-/m0/s1. The number of likely N-dealkylation sites (N-methyl/N-ethyl adjacent to an activating group) is 1. The highest BCUT2D eigenvalue weighted by Crippen LogP contribution is 2.48. The zero-order valence-electron chi connectivity index (χ0n) is 36.8. The van der Waals surface area contributed by atoms with Gasteiger partial charge in [0, 0.05) is 97.3 Å². The second-order valence-electron chi connectivity index (χ2n) is 18.9. The van der Waals surface area contributed by atoms with E-state index in [4.69, 9.17) is 19.4 Å². The van der Waals surface area contributed by atoms with Crippen molar-refractivity contribution in [2.24, 2.45) is 11.3 Å². The summed E-state index contributed by atoms with van der Waals surface area (Å²) in [5, 5.41) is 10.6. The number of ether oxygens (including phenoxy) is 2. The Labute approximate surface area is 376 Å². The number of fused-ring (bicyclic) bond motifs is 6. The van der Waals surface area contributed by atoms with Crippen LogP contribution in [0.4, 0.5) is 5.69 Å². The molecule has 5 aromatic rings. The van der Waals surface area contributed by atoms with Crippen molar-refractivity contribution in [3.63, 3.8) is 0 Å². The van der Waals surface area contributed by atoms with Crippen molar-refractivity contribution in [2.45, 2.75) is 96.4 Å². The van der Waals surface area contributed by atoms with Gasteiger partial charge >= 0.3 is 5.97 Å². The number of benzene rings is 1. The largest absolute Gasteiger partial charge is 0.464 e. The van der Waals surface area contributed by atoms with Crippen LogP contribution in [0.25, 0.3) is 33.4 Å². The molecule has 1 saturated carbocycles. The van der Waals surface area contributed by atoms with Gasteiger partial charge in [-0.3, -0.25) is 24.4 Å². The molecule has 2 saturated heterocycles. The second-order valence-corrected chi connectivity index (χ2v) is 20.6. The predicted molar refractivity (Wildman–Crippen MR) is 245 cm³/mol. The number of hydrogen-bond donors (Lipinski definition) is 2.